The first-order chi connectivity index (χ1) is 21.3. The molecule has 0 fully saturated rings. The minimum Gasteiger partial charge on any atom is -0.397 e. The van der Waals surface area contributed by atoms with Crippen LogP contribution in [0.2, 0.25) is 5.02 Å². The monoisotopic (exact) mass is 693 g/mol. The topological polar surface area (TPSA) is 210 Å². The Morgan fingerprint density at radius 2 is 1.48 bits per heavy atom. The van der Waals surface area contributed by atoms with Crippen molar-refractivity contribution in [3.05, 3.63) is 92.4 Å². The van der Waals surface area contributed by atoms with E-state index in [2.05, 4.69) is 15.3 Å². The zero-order chi connectivity index (χ0) is 34.0. The summed E-state index contributed by atoms with van der Waals surface area (Å²) >= 11 is 5.93. The Labute approximate surface area is 265 Å². The van der Waals surface area contributed by atoms with Crippen molar-refractivity contribution in [3.63, 3.8) is 0 Å². The van der Waals surface area contributed by atoms with E-state index in [1.54, 1.807) is 0 Å². The second kappa shape index (κ2) is 11.4. The number of hydrogen-bond acceptors (Lipinski definition) is 11. The van der Waals surface area contributed by atoms with Gasteiger partial charge in [-0.1, -0.05) is 35.9 Å². The van der Waals surface area contributed by atoms with Crippen LogP contribution in [-0.2, 0) is 26.8 Å². The van der Waals surface area contributed by atoms with Crippen LogP contribution in [0.5, 0.6) is 0 Å². The standard InChI is InChI=1S/C28H22ClF2N5O8S2/c1-11-13(10-36(3)27-21(29)26(30)34-28(31)35-27)8-17(45(39,40)41)12(2)23(11)33-16-9-18(46(42,43)44)22(32)20-19(16)24(37)14-6-4-5-7-15(14)25(20)38/h4-9,33H,10,32H2,1-3H3,(H,39,40,41)(H,42,43,44). The quantitative estimate of drug-likeness (QED) is 0.0814. The zero-order valence-electron chi connectivity index (χ0n) is 23.9. The summed E-state index contributed by atoms with van der Waals surface area (Å²) in [6.45, 7) is 2.48. The van der Waals surface area contributed by atoms with Crippen LogP contribution in [0.15, 0.2) is 46.2 Å². The third-order valence-electron chi connectivity index (χ3n) is 7.46. The third kappa shape index (κ3) is 5.56. The fourth-order valence-electron chi connectivity index (χ4n) is 5.27. The summed E-state index contributed by atoms with van der Waals surface area (Å²) in [5, 5.41) is 2.19. The maximum atomic E-state index is 14.0. The molecular formula is C28H22ClF2N5O8S2. The van der Waals surface area contributed by atoms with Crippen LogP contribution in [-0.4, -0.2) is 54.5 Å². The number of nitrogens with one attached hydrogen (secondary N) is 1. The van der Waals surface area contributed by atoms with Gasteiger partial charge in [0.25, 0.3) is 20.2 Å². The van der Waals surface area contributed by atoms with Crippen molar-refractivity contribution >= 4 is 66.3 Å². The molecule has 4 aromatic rings. The van der Waals surface area contributed by atoms with Gasteiger partial charge in [0.2, 0.25) is 5.95 Å². The predicted molar refractivity (Wildman–Crippen MR) is 162 cm³/mol. The molecule has 0 radical (unpaired) electrons. The van der Waals surface area contributed by atoms with Gasteiger partial charge >= 0.3 is 6.08 Å². The van der Waals surface area contributed by atoms with Gasteiger partial charge in [-0.25, -0.2) is 0 Å². The van der Waals surface area contributed by atoms with Crippen LogP contribution in [0.1, 0.15) is 48.5 Å². The molecule has 18 heteroatoms. The van der Waals surface area contributed by atoms with Crippen LogP contribution in [0.25, 0.3) is 0 Å². The molecule has 46 heavy (non-hydrogen) atoms. The summed E-state index contributed by atoms with van der Waals surface area (Å²) in [6, 6.07) is 7.63. The summed E-state index contributed by atoms with van der Waals surface area (Å²) < 4.78 is 97.5. The normalized spacial score (nSPS) is 13.0. The predicted octanol–water partition coefficient (Wildman–Crippen LogP) is 4.26. The first-order valence-corrected chi connectivity index (χ1v) is 16.2. The van der Waals surface area contributed by atoms with Gasteiger partial charge in [0.15, 0.2) is 17.4 Å². The average molecular weight is 694 g/mol. The van der Waals surface area contributed by atoms with E-state index in [4.69, 9.17) is 17.3 Å². The lowest BCUT2D eigenvalue weighted by Gasteiger charge is -2.26. The first kappa shape index (κ1) is 32.8. The lowest BCUT2D eigenvalue weighted by atomic mass is 9.82. The number of nitrogens with two attached hydrogens (primary N) is 1. The van der Waals surface area contributed by atoms with Crippen LogP contribution >= 0.6 is 11.6 Å². The van der Waals surface area contributed by atoms with E-state index in [1.807, 2.05) is 0 Å². The van der Waals surface area contributed by atoms with E-state index in [0.29, 0.717) is 0 Å². The molecule has 0 atom stereocenters. The number of fused-ring (bicyclic) bond motifs is 2. The highest BCUT2D eigenvalue weighted by Gasteiger charge is 2.37. The van der Waals surface area contributed by atoms with Crippen LogP contribution in [0.3, 0.4) is 0 Å². The summed E-state index contributed by atoms with van der Waals surface area (Å²) in [5.41, 5.74) is 4.27. The van der Waals surface area contributed by atoms with Gasteiger partial charge in [0, 0.05) is 30.4 Å². The number of nitrogen functional groups attached to an aromatic ring is 1. The zero-order valence-corrected chi connectivity index (χ0v) is 26.3. The Morgan fingerprint density at radius 1 is 0.913 bits per heavy atom. The number of halogens is 3. The summed E-state index contributed by atoms with van der Waals surface area (Å²) in [5.74, 6) is -3.27. The van der Waals surface area contributed by atoms with Crippen molar-refractivity contribution < 1.29 is 44.3 Å². The second-order valence-electron chi connectivity index (χ2n) is 10.3. The molecule has 0 unspecified atom stereocenters. The number of aromatic nitrogens is 2. The minimum absolute atomic E-state index is 0.0225. The highest BCUT2D eigenvalue weighted by Crippen LogP contribution is 2.42. The van der Waals surface area contributed by atoms with E-state index < -0.39 is 69.9 Å². The number of hydrogen-bond donors (Lipinski definition) is 4. The Bertz CT molecular complexity index is 2250. The lowest BCUT2D eigenvalue weighted by molar-refractivity contribution is 0.0980. The molecule has 0 saturated carbocycles. The molecule has 0 spiro atoms. The Morgan fingerprint density at radius 3 is 2.04 bits per heavy atom. The number of carbonyl (C=O) groups is 2. The molecule has 0 saturated heterocycles. The van der Waals surface area contributed by atoms with E-state index >= 15 is 0 Å². The molecule has 0 aliphatic heterocycles. The fraction of sp³-hybridized carbons (Fsp3) is 0.143. The average Bonchev–Trinajstić information content (AvgIpc) is 2.96. The lowest BCUT2D eigenvalue weighted by Crippen LogP contribution is -2.25. The Kier molecular flexibility index (Phi) is 8.11. The van der Waals surface area contributed by atoms with Gasteiger partial charge in [0.1, 0.15) is 9.92 Å². The van der Waals surface area contributed by atoms with E-state index in [9.17, 15) is 44.3 Å². The van der Waals surface area contributed by atoms with Gasteiger partial charge in [0.05, 0.1) is 27.4 Å². The van der Waals surface area contributed by atoms with E-state index in [1.165, 1.54) is 50.1 Å². The van der Waals surface area contributed by atoms with Crippen molar-refractivity contribution in [2.45, 2.75) is 30.2 Å². The summed E-state index contributed by atoms with van der Waals surface area (Å²) in [4.78, 5) is 33.3. The number of benzene rings is 3. The third-order valence-corrected chi connectivity index (χ3v) is 9.66. The van der Waals surface area contributed by atoms with Crippen LogP contribution in [0.4, 0.5) is 31.7 Å². The van der Waals surface area contributed by atoms with Gasteiger partial charge in [-0.3, -0.25) is 18.7 Å². The highest BCUT2D eigenvalue weighted by atomic mass is 35.5. The maximum Gasteiger partial charge on any atom is 0.313 e. The molecule has 1 aliphatic carbocycles. The maximum absolute atomic E-state index is 14.0. The molecule has 5 N–H and O–H groups in total. The molecule has 3 aromatic carbocycles. The largest absolute Gasteiger partial charge is 0.397 e. The molecule has 13 nitrogen and oxygen atoms in total. The van der Waals surface area contributed by atoms with Crippen molar-refractivity contribution in [2.24, 2.45) is 0 Å². The number of nitrogens with zero attached hydrogens (tertiary/aromatic N) is 3. The molecule has 1 heterocycles. The summed E-state index contributed by atoms with van der Waals surface area (Å²) in [6.07, 6.45) is -1.42. The smallest absolute Gasteiger partial charge is 0.313 e. The molecular weight excluding hydrogens is 672 g/mol. The van der Waals surface area contributed by atoms with Crippen molar-refractivity contribution in [2.75, 3.05) is 23.0 Å². The van der Waals surface area contributed by atoms with E-state index in [-0.39, 0.29) is 57.1 Å². The van der Waals surface area contributed by atoms with Gasteiger partial charge < -0.3 is 16.0 Å². The number of carbonyl (C=O) groups excluding carboxylic acids is 2. The van der Waals surface area contributed by atoms with Crippen LogP contribution < -0.4 is 16.0 Å². The SMILES string of the molecule is Cc1c(CN(C)c2nc(F)nc(F)c2Cl)cc(S(=O)(=O)O)c(C)c1Nc1cc(S(=O)(=O)O)c(N)c2c1C(=O)c1ccccc1C2=O. The minimum atomic E-state index is -5.07. The van der Waals surface area contributed by atoms with Crippen molar-refractivity contribution in [1.82, 2.24) is 9.97 Å². The molecule has 0 bridgehead atoms. The molecule has 240 valence electrons. The molecule has 0 amide bonds. The molecule has 5 rings (SSSR count). The van der Waals surface area contributed by atoms with Gasteiger partial charge in [-0.05, 0) is 42.7 Å². The molecule has 1 aromatic heterocycles. The number of rotatable bonds is 7. The van der Waals surface area contributed by atoms with Crippen molar-refractivity contribution in [1.29, 1.82) is 0 Å². The summed E-state index contributed by atoms with van der Waals surface area (Å²) in [7, 11) is -8.67. The Hall–Kier alpha value is -4.55. The van der Waals surface area contributed by atoms with E-state index in [0.717, 1.165) is 12.1 Å². The number of anilines is 4. The fourth-order valence-corrected chi connectivity index (χ4v) is 6.92. The van der Waals surface area contributed by atoms with Crippen LogP contribution in [0, 0.1) is 25.9 Å². The van der Waals surface area contributed by atoms with Crippen molar-refractivity contribution in [3.8, 4) is 0 Å². The first-order valence-electron chi connectivity index (χ1n) is 12.9. The second-order valence-corrected chi connectivity index (χ2v) is 13.5. The number of ketones is 2. The Balaban J connectivity index is 1.75. The van der Waals surface area contributed by atoms with Gasteiger partial charge in [-0.2, -0.15) is 35.6 Å². The van der Waals surface area contributed by atoms with Gasteiger partial charge in [-0.15, -0.1) is 0 Å². The highest BCUT2D eigenvalue weighted by molar-refractivity contribution is 7.86. The molecule has 1 aliphatic rings.